The summed E-state index contributed by atoms with van der Waals surface area (Å²) in [6.07, 6.45) is 3.94. The third-order valence-corrected chi connectivity index (χ3v) is 5.59. The minimum atomic E-state index is 0.170. The predicted octanol–water partition coefficient (Wildman–Crippen LogP) is 2.65. The molecule has 0 spiro atoms. The van der Waals surface area contributed by atoms with E-state index in [4.69, 9.17) is 21.3 Å². The van der Waals surface area contributed by atoms with E-state index in [9.17, 15) is 0 Å². The fraction of sp³-hybridized carbons (Fsp3) is 0.400. The quantitative estimate of drug-likeness (QED) is 0.753. The summed E-state index contributed by atoms with van der Waals surface area (Å²) in [7, 11) is 0. The van der Waals surface area contributed by atoms with Crippen LogP contribution in [0.15, 0.2) is 30.5 Å². The molecule has 6 nitrogen and oxygen atoms in total. The van der Waals surface area contributed by atoms with Crippen molar-refractivity contribution in [2.45, 2.75) is 25.9 Å². The van der Waals surface area contributed by atoms with Gasteiger partial charge in [0, 0.05) is 29.6 Å². The Hall–Kier alpha value is -2.31. The van der Waals surface area contributed by atoms with Gasteiger partial charge in [-0.15, -0.1) is 0 Å². The number of benzene rings is 1. The van der Waals surface area contributed by atoms with Crippen molar-refractivity contribution in [3.63, 3.8) is 0 Å². The Kier molecular flexibility index (Phi) is 4.17. The molecule has 1 aromatic carbocycles. The summed E-state index contributed by atoms with van der Waals surface area (Å²) in [6, 6.07) is 7.75. The number of aryl methyl sites for hydroxylation is 1. The van der Waals surface area contributed by atoms with Gasteiger partial charge in [-0.25, -0.2) is 4.98 Å². The lowest BCUT2D eigenvalue weighted by molar-refractivity contribution is 0.165. The largest absolute Gasteiger partial charge is 0.486 e. The monoisotopic (exact) mass is 383 g/mol. The van der Waals surface area contributed by atoms with Gasteiger partial charge in [-0.3, -0.25) is 0 Å². The maximum Gasteiger partial charge on any atom is 0.157 e. The number of fused-ring (bicyclic) bond motifs is 2. The smallest absolute Gasteiger partial charge is 0.157 e. The van der Waals surface area contributed by atoms with Crippen molar-refractivity contribution in [1.82, 2.24) is 19.9 Å². The molecule has 27 heavy (non-hydrogen) atoms. The van der Waals surface area contributed by atoms with Crippen LogP contribution in [-0.4, -0.2) is 46.9 Å². The Morgan fingerprint density at radius 2 is 2.04 bits per heavy atom. The van der Waals surface area contributed by atoms with Gasteiger partial charge < -0.3 is 15.0 Å². The molecule has 2 aliphatic rings. The Morgan fingerprint density at radius 1 is 1.19 bits per heavy atom. The Bertz CT molecular complexity index is 995. The third kappa shape index (κ3) is 3.03. The standard InChI is InChI=1S/C20H22ClN5O/c1-13-10-14(21)2-3-18(13)27-15-11-25(12-15)20-16-4-7-22-8-5-17(16)24-19-6-9-23-26(19)20/h2-3,6,9-10,15,22H,4-5,7-8,11-12H2,1H3. The van der Waals surface area contributed by atoms with Crippen molar-refractivity contribution in [2.75, 3.05) is 31.1 Å². The highest BCUT2D eigenvalue weighted by Crippen LogP contribution is 2.31. The first kappa shape index (κ1) is 16.8. The summed E-state index contributed by atoms with van der Waals surface area (Å²) < 4.78 is 8.17. The number of nitrogens with zero attached hydrogens (tertiary/aromatic N) is 4. The van der Waals surface area contributed by atoms with Crippen molar-refractivity contribution in [3.05, 3.63) is 52.3 Å². The zero-order valence-electron chi connectivity index (χ0n) is 15.3. The van der Waals surface area contributed by atoms with Gasteiger partial charge in [-0.1, -0.05) is 11.6 Å². The Morgan fingerprint density at radius 3 is 2.89 bits per heavy atom. The maximum atomic E-state index is 6.19. The number of ether oxygens (including phenoxy) is 1. The lowest BCUT2D eigenvalue weighted by Crippen LogP contribution is -2.55. The lowest BCUT2D eigenvalue weighted by Gasteiger charge is -2.41. The topological polar surface area (TPSA) is 54.7 Å². The van der Waals surface area contributed by atoms with E-state index in [2.05, 4.69) is 15.3 Å². The second-order valence-corrected chi connectivity index (χ2v) is 7.70. The van der Waals surface area contributed by atoms with Crippen molar-refractivity contribution >= 4 is 23.1 Å². The number of halogens is 1. The number of hydrogen-bond donors (Lipinski definition) is 1. The molecule has 0 atom stereocenters. The lowest BCUT2D eigenvalue weighted by atomic mass is 10.1. The van der Waals surface area contributed by atoms with Crippen LogP contribution in [0.3, 0.4) is 0 Å². The summed E-state index contributed by atoms with van der Waals surface area (Å²) in [5.41, 5.74) is 4.50. The van der Waals surface area contributed by atoms with Gasteiger partial charge in [0.25, 0.3) is 0 Å². The van der Waals surface area contributed by atoms with Gasteiger partial charge >= 0.3 is 0 Å². The molecular formula is C20H22ClN5O. The molecule has 5 rings (SSSR count). The van der Waals surface area contributed by atoms with E-state index in [1.807, 2.05) is 41.9 Å². The summed E-state index contributed by atoms with van der Waals surface area (Å²) in [6.45, 7) is 5.68. The molecule has 0 amide bonds. The van der Waals surface area contributed by atoms with Gasteiger partial charge in [-0.05, 0) is 43.7 Å². The zero-order chi connectivity index (χ0) is 18.4. The maximum absolute atomic E-state index is 6.19. The number of anilines is 1. The molecule has 0 radical (unpaired) electrons. The predicted molar refractivity (Wildman–Crippen MR) is 106 cm³/mol. The van der Waals surface area contributed by atoms with E-state index in [0.29, 0.717) is 0 Å². The van der Waals surface area contributed by atoms with Gasteiger partial charge in [-0.2, -0.15) is 9.61 Å². The van der Waals surface area contributed by atoms with Crippen LogP contribution in [-0.2, 0) is 12.8 Å². The van der Waals surface area contributed by atoms with Crippen LogP contribution in [0.5, 0.6) is 5.75 Å². The molecule has 0 aliphatic carbocycles. The summed E-state index contributed by atoms with van der Waals surface area (Å²) in [5.74, 6) is 2.09. The van der Waals surface area contributed by atoms with Crippen molar-refractivity contribution < 1.29 is 4.74 Å². The number of nitrogens with one attached hydrogen (secondary N) is 1. The van der Waals surface area contributed by atoms with Crippen LogP contribution >= 0.6 is 11.6 Å². The Balaban J connectivity index is 1.41. The molecule has 1 N–H and O–H groups in total. The summed E-state index contributed by atoms with van der Waals surface area (Å²) in [5, 5.41) is 8.74. The molecule has 2 aromatic heterocycles. The highest BCUT2D eigenvalue weighted by atomic mass is 35.5. The Labute approximate surface area is 163 Å². The molecule has 1 saturated heterocycles. The third-order valence-electron chi connectivity index (χ3n) is 5.36. The first-order chi connectivity index (χ1) is 13.2. The average Bonchev–Trinajstić information content (AvgIpc) is 2.95. The van der Waals surface area contributed by atoms with Gasteiger partial charge in [0.15, 0.2) is 5.65 Å². The van der Waals surface area contributed by atoms with E-state index in [1.165, 1.54) is 17.1 Å². The second kappa shape index (κ2) is 6.69. The number of rotatable bonds is 3. The number of aromatic nitrogens is 3. The van der Waals surface area contributed by atoms with Gasteiger partial charge in [0.1, 0.15) is 17.7 Å². The van der Waals surface area contributed by atoms with Crippen LogP contribution in [0.4, 0.5) is 5.82 Å². The average molecular weight is 384 g/mol. The zero-order valence-corrected chi connectivity index (χ0v) is 16.0. The molecule has 4 heterocycles. The SMILES string of the molecule is Cc1cc(Cl)ccc1OC1CN(c2c3c(nc4ccnn24)CCNCC3)C1. The molecule has 0 unspecified atom stereocenters. The minimum absolute atomic E-state index is 0.170. The van der Waals surface area contributed by atoms with Crippen molar-refractivity contribution in [1.29, 1.82) is 0 Å². The molecule has 0 saturated carbocycles. The molecule has 0 bridgehead atoms. The van der Waals surface area contributed by atoms with E-state index in [1.54, 1.807) is 0 Å². The highest BCUT2D eigenvalue weighted by molar-refractivity contribution is 6.30. The molecule has 140 valence electrons. The van der Waals surface area contributed by atoms with Crippen LogP contribution < -0.4 is 15.0 Å². The van der Waals surface area contributed by atoms with E-state index < -0.39 is 0 Å². The van der Waals surface area contributed by atoms with Crippen molar-refractivity contribution in [3.8, 4) is 5.75 Å². The van der Waals surface area contributed by atoms with E-state index in [-0.39, 0.29) is 6.10 Å². The number of hydrogen-bond acceptors (Lipinski definition) is 5. The molecule has 3 aromatic rings. The van der Waals surface area contributed by atoms with E-state index >= 15 is 0 Å². The summed E-state index contributed by atoms with van der Waals surface area (Å²) >= 11 is 6.05. The van der Waals surface area contributed by atoms with Crippen LogP contribution in [0.2, 0.25) is 5.02 Å². The first-order valence-electron chi connectivity index (χ1n) is 9.43. The van der Waals surface area contributed by atoms with E-state index in [0.717, 1.165) is 61.0 Å². The van der Waals surface area contributed by atoms with Gasteiger partial charge in [0.05, 0.1) is 25.0 Å². The fourth-order valence-corrected chi connectivity index (χ4v) is 4.18. The van der Waals surface area contributed by atoms with Crippen LogP contribution in [0, 0.1) is 6.92 Å². The van der Waals surface area contributed by atoms with Crippen LogP contribution in [0.25, 0.3) is 5.65 Å². The minimum Gasteiger partial charge on any atom is -0.486 e. The van der Waals surface area contributed by atoms with Gasteiger partial charge in [0.2, 0.25) is 0 Å². The fourth-order valence-electron chi connectivity index (χ4n) is 3.95. The van der Waals surface area contributed by atoms with Crippen molar-refractivity contribution in [2.24, 2.45) is 0 Å². The van der Waals surface area contributed by atoms with Crippen LogP contribution in [0.1, 0.15) is 16.8 Å². The second-order valence-electron chi connectivity index (χ2n) is 7.27. The molecular weight excluding hydrogens is 362 g/mol. The first-order valence-corrected chi connectivity index (χ1v) is 9.81. The summed E-state index contributed by atoms with van der Waals surface area (Å²) in [4.78, 5) is 7.20. The molecule has 2 aliphatic heterocycles. The normalized spacial score (nSPS) is 17.5. The molecule has 1 fully saturated rings. The highest BCUT2D eigenvalue weighted by Gasteiger charge is 2.33. The molecule has 7 heteroatoms.